The van der Waals surface area contributed by atoms with Gasteiger partial charge >= 0.3 is 5.97 Å². The quantitative estimate of drug-likeness (QED) is 0.381. The van der Waals surface area contributed by atoms with E-state index in [0.717, 1.165) is 0 Å². The van der Waals surface area contributed by atoms with E-state index in [1.165, 1.54) is 6.08 Å². The Morgan fingerprint density at radius 2 is 2.18 bits per heavy atom. The third kappa shape index (κ3) is 4.19. The van der Waals surface area contributed by atoms with Crippen molar-refractivity contribution in [1.29, 1.82) is 0 Å². The van der Waals surface area contributed by atoms with Crippen molar-refractivity contribution in [2.45, 2.75) is 13.8 Å². The molecule has 0 heterocycles. The van der Waals surface area contributed by atoms with Gasteiger partial charge in [0, 0.05) is 0 Å². The van der Waals surface area contributed by atoms with E-state index in [1.807, 2.05) is 6.92 Å². The van der Waals surface area contributed by atoms with Crippen LogP contribution < -0.4 is 0 Å². The normalized spacial score (nSPS) is 12.0. The average molecular weight is 156 g/mol. The molecule has 3 nitrogen and oxygen atoms in total. The van der Waals surface area contributed by atoms with Crippen LogP contribution in [0.2, 0.25) is 0 Å². The smallest absolute Gasteiger partial charge is 0.370 e. The molecule has 0 aliphatic carbocycles. The molecule has 0 saturated carbocycles. The van der Waals surface area contributed by atoms with E-state index in [0.29, 0.717) is 6.61 Å². The van der Waals surface area contributed by atoms with Gasteiger partial charge < -0.3 is 9.84 Å². The van der Waals surface area contributed by atoms with Crippen LogP contribution >= 0.6 is 0 Å². The molecule has 0 bridgehead atoms. The lowest BCUT2D eigenvalue weighted by Gasteiger charge is -2.01. The molecular weight excluding hydrogens is 144 g/mol. The van der Waals surface area contributed by atoms with Crippen LogP contribution in [0.15, 0.2) is 24.0 Å². The summed E-state index contributed by atoms with van der Waals surface area (Å²) in [5, 5.41) is 8.46. The van der Waals surface area contributed by atoms with Crippen LogP contribution in [-0.2, 0) is 9.53 Å². The molecule has 0 spiro atoms. The van der Waals surface area contributed by atoms with Gasteiger partial charge in [0.1, 0.15) is 6.61 Å². The fraction of sp³-hybridized carbons (Fsp3) is 0.375. The summed E-state index contributed by atoms with van der Waals surface area (Å²) in [5.74, 6) is -1.04. The molecule has 0 fully saturated rings. The summed E-state index contributed by atoms with van der Waals surface area (Å²) in [4.78, 5) is 10.3. The molecule has 62 valence electrons. The molecule has 0 aromatic rings. The first-order valence-corrected chi connectivity index (χ1v) is 3.36. The molecule has 0 atom stereocenters. The van der Waals surface area contributed by atoms with Gasteiger partial charge in [0.05, 0.1) is 0 Å². The molecule has 0 radical (unpaired) electrons. The Morgan fingerprint density at radius 1 is 1.55 bits per heavy atom. The number of carboxylic acids is 1. The Bertz CT molecular complexity index is 180. The van der Waals surface area contributed by atoms with E-state index < -0.39 is 5.97 Å². The fourth-order valence-corrected chi connectivity index (χ4v) is 0.503. The number of ether oxygens (including phenoxy) is 1. The Balaban J connectivity index is 3.82. The van der Waals surface area contributed by atoms with Crippen LogP contribution in [0.25, 0.3) is 0 Å². The Hall–Kier alpha value is -1.25. The van der Waals surface area contributed by atoms with Gasteiger partial charge in [-0.2, -0.15) is 0 Å². The predicted molar refractivity (Wildman–Crippen MR) is 42.2 cm³/mol. The number of hydrogen-bond donors (Lipinski definition) is 1. The monoisotopic (exact) mass is 156 g/mol. The zero-order valence-electron chi connectivity index (χ0n) is 6.70. The maximum atomic E-state index is 10.3. The standard InChI is InChI=1S/C8H12O3/c1-3-5-6-11-7(4-2)8(9)10/h3-5H,6H2,1-2H3,(H,9,10)/b5-3?,7-4-. The van der Waals surface area contributed by atoms with Crippen molar-refractivity contribution in [1.82, 2.24) is 0 Å². The summed E-state index contributed by atoms with van der Waals surface area (Å²) in [6.07, 6.45) is 4.97. The van der Waals surface area contributed by atoms with E-state index in [9.17, 15) is 4.79 Å². The summed E-state index contributed by atoms with van der Waals surface area (Å²) in [6, 6.07) is 0. The molecule has 0 aromatic heterocycles. The molecule has 1 N–H and O–H groups in total. The Morgan fingerprint density at radius 3 is 2.55 bits per heavy atom. The van der Waals surface area contributed by atoms with Gasteiger partial charge in [-0.15, -0.1) is 0 Å². The van der Waals surface area contributed by atoms with Crippen LogP contribution in [0, 0.1) is 0 Å². The largest absolute Gasteiger partial charge is 0.483 e. The van der Waals surface area contributed by atoms with Crippen molar-refractivity contribution in [3.63, 3.8) is 0 Å². The number of allylic oxidation sites excluding steroid dienone is 2. The lowest BCUT2D eigenvalue weighted by Crippen LogP contribution is -2.04. The van der Waals surface area contributed by atoms with Crippen molar-refractivity contribution >= 4 is 5.97 Å². The molecule has 0 amide bonds. The van der Waals surface area contributed by atoms with Crippen molar-refractivity contribution < 1.29 is 14.6 Å². The molecule has 0 rings (SSSR count). The van der Waals surface area contributed by atoms with Crippen LogP contribution in [0.5, 0.6) is 0 Å². The third-order valence-electron chi connectivity index (χ3n) is 1.04. The van der Waals surface area contributed by atoms with Crippen molar-refractivity contribution in [3.8, 4) is 0 Å². The van der Waals surface area contributed by atoms with Gasteiger partial charge in [-0.3, -0.25) is 0 Å². The lowest BCUT2D eigenvalue weighted by molar-refractivity contribution is -0.136. The van der Waals surface area contributed by atoms with E-state index in [1.54, 1.807) is 19.1 Å². The number of carboxylic acid groups (broad SMARTS) is 1. The van der Waals surface area contributed by atoms with Crippen molar-refractivity contribution in [2.24, 2.45) is 0 Å². The van der Waals surface area contributed by atoms with E-state index in [2.05, 4.69) is 0 Å². The molecule has 11 heavy (non-hydrogen) atoms. The number of aliphatic carboxylic acids is 1. The average Bonchev–Trinajstić information content (AvgIpc) is 1.97. The first-order chi connectivity index (χ1) is 5.22. The minimum absolute atomic E-state index is 0.0110. The van der Waals surface area contributed by atoms with Crippen LogP contribution in [-0.4, -0.2) is 17.7 Å². The van der Waals surface area contributed by atoms with Gasteiger partial charge in [-0.25, -0.2) is 4.79 Å². The topological polar surface area (TPSA) is 46.5 Å². The first kappa shape index (κ1) is 9.75. The maximum absolute atomic E-state index is 10.3. The van der Waals surface area contributed by atoms with Crippen LogP contribution in [0.1, 0.15) is 13.8 Å². The van der Waals surface area contributed by atoms with Crippen molar-refractivity contribution in [2.75, 3.05) is 6.61 Å². The Kier molecular flexibility index (Phi) is 4.90. The molecule has 0 unspecified atom stereocenters. The highest BCUT2D eigenvalue weighted by Crippen LogP contribution is 1.96. The SMILES string of the molecule is CC=CCO/C(=C\C)C(=O)O. The second-order valence-corrected chi connectivity index (χ2v) is 1.84. The highest BCUT2D eigenvalue weighted by atomic mass is 16.5. The molecule has 0 saturated heterocycles. The van der Waals surface area contributed by atoms with E-state index in [4.69, 9.17) is 9.84 Å². The molecular formula is C8H12O3. The highest BCUT2D eigenvalue weighted by molar-refractivity contribution is 5.84. The fourth-order valence-electron chi connectivity index (χ4n) is 0.503. The predicted octanol–water partition coefficient (Wildman–Crippen LogP) is 1.57. The summed E-state index contributed by atoms with van der Waals surface area (Å²) in [5.41, 5.74) is 0. The minimum Gasteiger partial charge on any atom is -0.483 e. The van der Waals surface area contributed by atoms with Gasteiger partial charge in [0.2, 0.25) is 0 Å². The van der Waals surface area contributed by atoms with Crippen LogP contribution in [0.3, 0.4) is 0 Å². The zero-order chi connectivity index (χ0) is 8.69. The lowest BCUT2D eigenvalue weighted by atomic mass is 10.4. The van der Waals surface area contributed by atoms with E-state index >= 15 is 0 Å². The molecule has 0 aliphatic rings. The van der Waals surface area contributed by atoms with Gasteiger partial charge in [0.25, 0.3) is 0 Å². The summed E-state index contributed by atoms with van der Waals surface area (Å²) < 4.78 is 4.87. The van der Waals surface area contributed by atoms with Crippen molar-refractivity contribution in [3.05, 3.63) is 24.0 Å². The molecule has 3 heteroatoms. The number of hydrogen-bond acceptors (Lipinski definition) is 2. The van der Waals surface area contributed by atoms with Gasteiger partial charge in [0.15, 0.2) is 5.76 Å². The summed E-state index contributed by atoms with van der Waals surface area (Å²) in [7, 11) is 0. The van der Waals surface area contributed by atoms with Gasteiger partial charge in [-0.05, 0) is 19.9 Å². The summed E-state index contributed by atoms with van der Waals surface area (Å²) in [6.45, 7) is 3.78. The maximum Gasteiger partial charge on any atom is 0.370 e. The second kappa shape index (κ2) is 5.53. The zero-order valence-corrected chi connectivity index (χ0v) is 6.70. The molecule has 0 aliphatic heterocycles. The van der Waals surface area contributed by atoms with Gasteiger partial charge in [-0.1, -0.05) is 12.2 Å². The highest BCUT2D eigenvalue weighted by Gasteiger charge is 2.04. The number of carbonyl (C=O) groups is 1. The summed E-state index contributed by atoms with van der Waals surface area (Å²) >= 11 is 0. The number of rotatable bonds is 4. The van der Waals surface area contributed by atoms with Crippen LogP contribution in [0.4, 0.5) is 0 Å². The first-order valence-electron chi connectivity index (χ1n) is 3.36. The molecule has 0 aromatic carbocycles. The Labute approximate surface area is 66.0 Å². The minimum atomic E-state index is -1.03. The van der Waals surface area contributed by atoms with E-state index in [-0.39, 0.29) is 5.76 Å². The third-order valence-corrected chi connectivity index (χ3v) is 1.04. The second-order valence-electron chi connectivity index (χ2n) is 1.84.